The van der Waals surface area contributed by atoms with Gasteiger partial charge in [0.05, 0.1) is 24.0 Å². The van der Waals surface area contributed by atoms with Crippen molar-refractivity contribution in [3.63, 3.8) is 0 Å². The van der Waals surface area contributed by atoms with Crippen molar-refractivity contribution in [1.29, 1.82) is 0 Å². The average Bonchev–Trinajstić information content (AvgIpc) is 3.45. The van der Waals surface area contributed by atoms with Gasteiger partial charge in [0.15, 0.2) is 0 Å². The Bertz CT molecular complexity index is 1410. The van der Waals surface area contributed by atoms with Crippen LogP contribution >= 0.6 is 0 Å². The fraction of sp³-hybridized carbons (Fsp3) is 0.441. The van der Waals surface area contributed by atoms with Crippen molar-refractivity contribution < 1.29 is 22.7 Å². The molecule has 0 N–H and O–H groups in total. The Morgan fingerprint density at radius 2 is 1.70 bits per heavy atom. The lowest BCUT2D eigenvalue weighted by Crippen LogP contribution is -2.40. The fourth-order valence-corrected chi connectivity index (χ4v) is 5.84. The van der Waals surface area contributed by atoms with Crippen LogP contribution in [0.3, 0.4) is 0 Å². The van der Waals surface area contributed by atoms with Gasteiger partial charge >= 0.3 is 12.1 Å². The maximum absolute atomic E-state index is 13.7. The van der Waals surface area contributed by atoms with E-state index in [-0.39, 0.29) is 24.9 Å². The van der Waals surface area contributed by atoms with E-state index in [1.807, 2.05) is 81.5 Å². The molecule has 0 amide bonds. The molecule has 6 nitrogen and oxygen atoms in total. The quantitative estimate of drug-likeness (QED) is 0.267. The van der Waals surface area contributed by atoms with Crippen LogP contribution in [0.15, 0.2) is 60.9 Å². The van der Waals surface area contributed by atoms with Crippen LogP contribution in [0.25, 0.3) is 23.3 Å². The summed E-state index contributed by atoms with van der Waals surface area (Å²) in [5.41, 5.74) is 3.85. The highest BCUT2D eigenvalue weighted by Crippen LogP contribution is 2.35. The molecule has 1 atom stereocenters. The van der Waals surface area contributed by atoms with E-state index in [9.17, 15) is 18.0 Å². The predicted molar refractivity (Wildman–Crippen MR) is 163 cm³/mol. The van der Waals surface area contributed by atoms with Gasteiger partial charge in [0, 0.05) is 19.6 Å². The monoisotopic (exact) mass is 592 g/mol. The SMILES string of the molecule is CC(C)(C)OC(=O)C1CCN(c2cnc(/C=C/c3ccc(-c4ccccc4)c(CN4CCC[C@H]4C(F)(F)F)c3)cn2)CC1. The molecule has 2 fully saturated rings. The van der Waals surface area contributed by atoms with Crippen molar-refractivity contribution in [3.8, 4) is 11.1 Å². The number of carbonyl (C=O) groups is 1. The number of esters is 1. The summed E-state index contributed by atoms with van der Waals surface area (Å²) in [6, 6.07) is 14.3. The molecule has 1 aromatic heterocycles. The predicted octanol–water partition coefficient (Wildman–Crippen LogP) is 7.40. The number of carbonyl (C=O) groups excluding carboxylic acids is 1. The zero-order chi connectivity index (χ0) is 30.6. The number of anilines is 1. The zero-order valence-corrected chi connectivity index (χ0v) is 25.0. The number of halogens is 3. The van der Waals surface area contributed by atoms with E-state index >= 15 is 0 Å². The second-order valence-corrected chi connectivity index (χ2v) is 12.4. The van der Waals surface area contributed by atoms with E-state index in [2.05, 4.69) is 14.9 Å². The lowest BCUT2D eigenvalue weighted by Gasteiger charge is -2.32. The number of ether oxygens (including phenoxy) is 1. The number of hydrogen-bond acceptors (Lipinski definition) is 6. The summed E-state index contributed by atoms with van der Waals surface area (Å²) in [4.78, 5) is 25.3. The number of likely N-dealkylation sites (tertiary alicyclic amines) is 1. The second kappa shape index (κ2) is 12.9. The second-order valence-electron chi connectivity index (χ2n) is 12.4. The van der Waals surface area contributed by atoms with Gasteiger partial charge in [0.25, 0.3) is 0 Å². The first-order valence-electron chi connectivity index (χ1n) is 14.9. The number of piperidine rings is 1. The summed E-state index contributed by atoms with van der Waals surface area (Å²) in [5.74, 6) is 0.520. The van der Waals surface area contributed by atoms with Crippen LogP contribution in [-0.2, 0) is 16.1 Å². The molecule has 0 bridgehead atoms. The Morgan fingerprint density at radius 1 is 0.953 bits per heavy atom. The van der Waals surface area contributed by atoms with Crippen LogP contribution in [0.2, 0.25) is 0 Å². The van der Waals surface area contributed by atoms with E-state index in [1.165, 1.54) is 0 Å². The molecule has 2 aliphatic heterocycles. The van der Waals surface area contributed by atoms with Gasteiger partial charge in [-0.15, -0.1) is 0 Å². The highest BCUT2D eigenvalue weighted by Gasteiger charge is 2.45. The highest BCUT2D eigenvalue weighted by molar-refractivity contribution is 5.74. The van der Waals surface area contributed by atoms with Crippen LogP contribution in [-0.4, -0.2) is 58.3 Å². The summed E-state index contributed by atoms with van der Waals surface area (Å²) in [6.45, 7) is 7.71. The zero-order valence-electron chi connectivity index (χ0n) is 25.0. The Balaban J connectivity index is 1.27. The summed E-state index contributed by atoms with van der Waals surface area (Å²) in [7, 11) is 0. The molecule has 5 rings (SSSR count). The summed E-state index contributed by atoms with van der Waals surface area (Å²) >= 11 is 0. The van der Waals surface area contributed by atoms with E-state index in [4.69, 9.17) is 4.74 Å². The smallest absolute Gasteiger partial charge is 0.404 e. The van der Waals surface area contributed by atoms with Gasteiger partial charge in [-0.25, -0.2) is 4.98 Å². The molecular weight excluding hydrogens is 553 g/mol. The molecule has 43 heavy (non-hydrogen) atoms. The Kier molecular flexibility index (Phi) is 9.20. The maximum atomic E-state index is 13.7. The standard InChI is InChI=1S/C34H39F3N4O2/c1-33(2,3)43-32(42)26-15-18-40(19-16-26)31-22-38-28(21-39-31)13-11-24-12-14-29(25-8-5-4-6-9-25)27(20-24)23-41-17-7-10-30(41)34(35,36)37/h4-6,8-9,11-14,20-22,26,30H,7,10,15-19,23H2,1-3H3/b13-11+/t30-/m0/s1. The van der Waals surface area contributed by atoms with Crippen LogP contribution in [0.4, 0.5) is 19.0 Å². The number of hydrogen-bond donors (Lipinski definition) is 0. The number of nitrogens with zero attached hydrogens (tertiary/aromatic N) is 4. The highest BCUT2D eigenvalue weighted by atomic mass is 19.4. The van der Waals surface area contributed by atoms with Crippen LogP contribution in [0, 0.1) is 5.92 Å². The van der Waals surface area contributed by atoms with Crippen LogP contribution < -0.4 is 4.90 Å². The van der Waals surface area contributed by atoms with E-state index < -0.39 is 17.8 Å². The summed E-state index contributed by atoms with van der Waals surface area (Å²) < 4.78 is 46.6. The van der Waals surface area contributed by atoms with E-state index in [0.29, 0.717) is 44.6 Å². The number of benzene rings is 2. The molecule has 228 valence electrons. The first kappa shape index (κ1) is 30.7. The van der Waals surface area contributed by atoms with Gasteiger partial charge in [0.2, 0.25) is 0 Å². The normalized spacial score (nSPS) is 18.8. The molecule has 3 heterocycles. The first-order valence-corrected chi connectivity index (χ1v) is 14.9. The van der Waals surface area contributed by atoms with Crippen molar-refractivity contribution in [1.82, 2.24) is 14.9 Å². The van der Waals surface area contributed by atoms with Gasteiger partial charge in [-0.1, -0.05) is 48.5 Å². The minimum absolute atomic E-state index is 0.103. The molecule has 0 spiro atoms. The van der Waals surface area contributed by atoms with Gasteiger partial charge in [-0.05, 0) is 87.4 Å². The average molecular weight is 593 g/mol. The lowest BCUT2D eigenvalue weighted by atomic mass is 9.96. The Hall–Kier alpha value is -3.72. The van der Waals surface area contributed by atoms with E-state index in [1.54, 1.807) is 17.3 Å². The maximum Gasteiger partial charge on any atom is 0.404 e. The number of aromatic nitrogens is 2. The molecule has 0 saturated carbocycles. The van der Waals surface area contributed by atoms with Crippen LogP contribution in [0.1, 0.15) is 63.3 Å². The van der Waals surface area contributed by atoms with Crippen molar-refractivity contribution >= 4 is 23.9 Å². The van der Waals surface area contributed by atoms with Gasteiger partial charge in [0.1, 0.15) is 17.5 Å². The molecule has 9 heteroatoms. The Labute approximate surface area is 251 Å². The number of alkyl halides is 3. The molecule has 0 aliphatic carbocycles. The number of rotatable bonds is 7. The minimum atomic E-state index is -4.24. The third-order valence-electron chi connectivity index (χ3n) is 7.99. The molecule has 0 unspecified atom stereocenters. The largest absolute Gasteiger partial charge is 0.460 e. The minimum Gasteiger partial charge on any atom is -0.460 e. The Morgan fingerprint density at radius 3 is 2.35 bits per heavy atom. The van der Waals surface area contributed by atoms with Crippen molar-refractivity contribution in [2.75, 3.05) is 24.5 Å². The van der Waals surface area contributed by atoms with Gasteiger partial charge in [-0.2, -0.15) is 13.2 Å². The third kappa shape index (κ3) is 8.02. The molecule has 2 saturated heterocycles. The molecule has 0 radical (unpaired) electrons. The first-order chi connectivity index (χ1) is 20.5. The fourth-order valence-electron chi connectivity index (χ4n) is 5.84. The molecule has 2 aromatic carbocycles. The lowest BCUT2D eigenvalue weighted by molar-refractivity contribution is -0.177. The third-order valence-corrected chi connectivity index (χ3v) is 7.99. The van der Waals surface area contributed by atoms with E-state index in [0.717, 1.165) is 28.1 Å². The van der Waals surface area contributed by atoms with Gasteiger partial charge < -0.3 is 9.64 Å². The topological polar surface area (TPSA) is 58.6 Å². The van der Waals surface area contributed by atoms with Gasteiger partial charge in [-0.3, -0.25) is 14.7 Å². The molecule has 3 aromatic rings. The van der Waals surface area contributed by atoms with Crippen molar-refractivity contribution in [3.05, 3.63) is 77.7 Å². The van der Waals surface area contributed by atoms with Crippen molar-refractivity contribution in [2.45, 2.75) is 70.8 Å². The van der Waals surface area contributed by atoms with Crippen molar-refractivity contribution in [2.24, 2.45) is 5.92 Å². The summed E-state index contributed by atoms with van der Waals surface area (Å²) in [5, 5.41) is 0. The molecular formula is C34H39F3N4O2. The van der Waals surface area contributed by atoms with Crippen LogP contribution in [0.5, 0.6) is 0 Å². The molecule has 2 aliphatic rings. The summed E-state index contributed by atoms with van der Waals surface area (Å²) in [6.07, 6.45) is 5.09.